The molecule has 0 heterocycles. The van der Waals surface area contributed by atoms with Crippen LogP contribution in [0.5, 0.6) is 0 Å². The van der Waals surface area contributed by atoms with E-state index < -0.39 is 0 Å². The van der Waals surface area contributed by atoms with Gasteiger partial charge in [0.15, 0.2) is 0 Å². The molecule has 88 valence electrons. The van der Waals surface area contributed by atoms with Crippen molar-refractivity contribution in [3.05, 3.63) is 28.8 Å². The molecule has 0 aliphatic heterocycles. The molecule has 0 spiro atoms. The van der Waals surface area contributed by atoms with Crippen LogP contribution in [-0.2, 0) is 0 Å². The molecule has 1 aromatic carbocycles. The van der Waals surface area contributed by atoms with Gasteiger partial charge in [0.2, 0.25) is 0 Å². The van der Waals surface area contributed by atoms with Crippen LogP contribution in [0.15, 0.2) is 18.2 Å². The monoisotopic (exact) mass is 240 g/mol. The van der Waals surface area contributed by atoms with E-state index in [9.17, 15) is 4.79 Å². The molecule has 3 nitrogen and oxygen atoms in total. The Labute approximate surface area is 101 Å². The molecule has 0 fully saturated rings. The van der Waals surface area contributed by atoms with Crippen molar-refractivity contribution < 1.29 is 4.79 Å². The molecule has 0 atom stereocenters. The highest BCUT2D eigenvalue weighted by molar-refractivity contribution is 6.31. The maximum Gasteiger partial charge on any atom is 0.251 e. The number of rotatable bonds is 3. The molecule has 4 heteroatoms. The predicted octanol–water partition coefficient (Wildman–Crippen LogP) is 2.84. The van der Waals surface area contributed by atoms with Crippen molar-refractivity contribution in [3.63, 3.8) is 0 Å². The van der Waals surface area contributed by atoms with E-state index in [1.54, 1.807) is 18.2 Å². The lowest BCUT2D eigenvalue weighted by Crippen LogP contribution is -2.42. The molecule has 1 rings (SSSR count). The average Bonchev–Trinajstić information content (AvgIpc) is 2.15. The van der Waals surface area contributed by atoms with E-state index in [1.807, 2.05) is 20.8 Å². The van der Waals surface area contributed by atoms with Gasteiger partial charge in [-0.2, -0.15) is 0 Å². The minimum Gasteiger partial charge on any atom is -0.399 e. The Hall–Kier alpha value is -1.22. The summed E-state index contributed by atoms with van der Waals surface area (Å²) in [5.74, 6) is -0.152. The Morgan fingerprint density at radius 1 is 1.44 bits per heavy atom. The van der Waals surface area contributed by atoms with Gasteiger partial charge in [-0.15, -0.1) is 0 Å². The van der Waals surface area contributed by atoms with Crippen LogP contribution in [0.3, 0.4) is 0 Å². The smallest absolute Gasteiger partial charge is 0.251 e. The third kappa shape index (κ3) is 3.42. The van der Waals surface area contributed by atoms with E-state index in [0.29, 0.717) is 16.3 Å². The molecule has 0 unspecified atom stereocenters. The highest BCUT2D eigenvalue weighted by Crippen LogP contribution is 2.17. The van der Waals surface area contributed by atoms with Crippen LogP contribution in [0.1, 0.15) is 37.6 Å². The van der Waals surface area contributed by atoms with Crippen LogP contribution in [0.25, 0.3) is 0 Å². The number of nitrogens with two attached hydrogens (primary N) is 1. The maximum absolute atomic E-state index is 11.9. The third-order valence-corrected chi connectivity index (χ3v) is 2.74. The highest BCUT2D eigenvalue weighted by Gasteiger charge is 2.19. The fourth-order valence-electron chi connectivity index (χ4n) is 1.21. The maximum atomic E-state index is 11.9. The highest BCUT2D eigenvalue weighted by atomic mass is 35.5. The number of nitrogens with one attached hydrogen (secondary N) is 1. The van der Waals surface area contributed by atoms with E-state index in [0.717, 1.165) is 6.42 Å². The summed E-state index contributed by atoms with van der Waals surface area (Å²) < 4.78 is 0. The summed E-state index contributed by atoms with van der Waals surface area (Å²) in [7, 11) is 0. The summed E-state index contributed by atoms with van der Waals surface area (Å²) in [6.07, 6.45) is 0.856. The van der Waals surface area contributed by atoms with Crippen LogP contribution in [0.4, 0.5) is 5.69 Å². The molecule has 1 amide bonds. The molecule has 0 radical (unpaired) electrons. The second-order valence-corrected chi connectivity index (χ2v) is 4.90. The Balaban J connectivity index is 2.89. The number of amides is 1. The minimum atomic E-state index is -0.228. The number of hydrogen-bond donors (Lipinski definition) is 2. The fourth-order valence-corrected chi connectivity index (χ4v) is 1.45. The predicted molar refractivity (Wildman–Crippen MR) is 67.7 cm³/mol. The van der Waals surface area contributed by atoms with Crippen molar-refractivity contribution in [2.45, 2.75) is 32.7 Å². The van der Waals surface area contributed by atoms with Crippen molar-refractivity contribution in [2.24, 2.45) is 0 Å². The molecule has 16 heavy (non-hydrogen) atoms. The van der Waals surface area contributed by atoms with Crippen molar-refractivity contribution >= 4 is 23.2 Å². The summed E-state index contributed by atoms with van der Waals surface area (Å²) in [6, 6.07) is 4.84. The number of benzene rings is 1. The molecule has 0 aliphatic carbocycles. The SMILES string of the molecule is CCC(C)(C)NC(=O)c1cc(N)cc(Cl)c1. The molecule has 0 aliphatic rings. The minimum absolute atomic E-state index is 0.152. The Morgan fingerprint density at radius 2 is 2.06 bits per heavy atom. The van der Waals surface area contributed by atoms with Crippen molar-refractivity contribution in [1.82, 2.24) is 5.32 Å². The topological polar surface area (TPSA) is 55.1 Å². The molecular weight excluding hydrogens is 224 g/mol. The van der Waals surface area contributed by atoms with Gasteiger partial charge in [0, 0.05) is 21.8 Å². The normalized spacial score (nSPS) is 11.2. The number of anilines is 1. The molecule has 0 saturated carbocycles. The summed E-state index contributed by atoms with van der Waals surface area (Å²) in [5, 5.41) is 3.40. The van der Waals surface area contributed by atoms with Crippen LogP contribution in [0, 0.1) is 0 Å². The van der Waals surface area contributed by atoms with Gasteiger partial charge in [-0.05, 0) is 38.5 Å². The molecule has 0 bridgehead atoms. The standard InChI is InChI=1S/C12H17ClN2O/c1-4-12(2,3)15-11(16)8-5-9(13)7-10(14)6-8/h5-7H,4,14H2,1-3H3,(H,15,16). The Bertz CT molecular complexity index is 382. The second-order valence-electron chi connectivity index (χ2n) is 4.46. The first-order valence-electron chi connectivity index (χ1n) is 5.22. The van der Waals surface area contributed by atoms with Gasteiger partial charge >= 0.3 is 0 Å². The largest absolute Gasteiger partial charge is 0.399 e. The quantitative estimate of drug-likeness (QED) is 0.799. The van der Waals surface area contributed by atoms with Crippen LogP contribution < -0.4 is 11.1 Å². The molecule has 1 aromatic rings. The lowest BCUT2D eigenvalue weighted by molar-refractivity contribution is 0.0911. The Kier molecular flexibility index (Phi) is 3.81. The van der Waals surface area contributed by atoms with Gasteiger partial charge in [-0.1, -0.05) is 18.5 Å². The van der Waals surface area contributed by atoms with Gasteiger partial charge in [0.1, 0.15) is 0 Å². The first-order valence-corrected chi connectivity index (χ1v) is 5.60. The van der Waals surface area contributed by atoms with Crippen molar-refractivity contribution in [1.29, 1.82) is 0 Å². The number of halogens is 1. The van der Waals surface area contributed by atoms with Gasteiger partial charge < -0.3 is 11.1 Å². The van der Waals surface area contributed by atoms with Crippen molar-refractivity contribution in [2.75, 3.05) is 5.73 Å². The van der Waals surface area contributed by atoms with E-state index in [2.05, 4.69) is 5.32 Å². The second kappa shape index (κ2) is 4.74. The number of nitrogen functional groups attached to an aromatic ring is 1. The van der Waals surface area contributed by atoms with Crippen LogP contribution in [0.2, 0.25) is 5.02 Å². The molecule has 0 saturated heterocycles. The average molecular weight is 241 g/mol. The number of carbonyl (C=O) groups is 1. The van der Waals surface area contributed by atoms with E-state index in [1.165, 1.54) is 0 Å². The zero-order valence-electron chi connectivity index (χ0n) is 9.80. The van der Waals surface area contributed by atoms with E-state index in [4.69, 9.17) is 17.3 Å². The number of hydrogen-bond acceptors (Lipinski definition) is 2. The molecular formula is C12H17ClN2O. The lowest BCUT2D eigenvalue weighted by atomic mass is 10.0. The van der Waals surface area contributed by atoms with Gasteiger partial charge in [0.05, 0.1) is 0 Å². The first kappa shape index (κ1) is 12.8. The summed E-state index contributed by atoms with van der Waals surface area (Å²) in [4.78, 5) is 11.9. The summed E-state index contributed by atoms with van der Waals surface area (Å²) in [6.45, 7) is 5.96. The fraction of sp³-hybridized carbons (Fsp3) is 0.417. The van der Waals surface area contributed by atoms with Crippen LogP contribution in [-0.4, -0.2) is 11.4 Å². The lowest BCUT2D eigenvalue weighted by Gasteiger charge is -2.24. The number of carbonyl (C=O) groups excluding carboxylic acids is 1. The van der Waals surface area contributed by atoms with Crippen molar-refractivity contribution in [3.8, 4) is 0 Å². The summed E-state index contributed by atoms with van der Waals surface area (Å²) in [5.41, 5.74) is 6.39. The zero-order chi connectivity index (χ0) is 12.3. The van der Waals surface area contributed by atoms with Gasteiger partial charge in [-0.25, -0.2) is 0 Å². The zero-order valence-corrected chi connectivity index (χ0v) is 10.6. The molecule has 3 N–H and O–H groups in total. The van der Waals surface area contributed by atoms with E-state index in [-0.39, 0.29) is 11.4 Å². The van der Waals surface area contributed by atoms with E-state index >= 15 is 0 Å². The first-order chi connectivity index (χ1) is 7.34. The van der Waals surface area contributed by atoms with Gasteiger partial charge in [-0.3, -0.25) is 4.79 Å². The summed E-state index contributed by atoms with van der Waals surface area (Å²) >= 11 is 5.84. The third-order valence-electron chi connectivity index (χ3n) is 2.52. The van der Waals surface area contributed by atoms with Crippen LogP contribution >= 0.6 is 11.6 Å². The Morgan fingerprint density at radius 3 is 2.56 bits per heavy atom. The van der Waals surface area contributed by atoms with Gasteiger partial charge in [0.25, 0.3) is 5.91 Å². The molecule has 0 aromatic heterocycles.